The average molecular weight is 424 g/mol. The molecule has 0 saturated heterocycles. The van der Waals surface area contributed by atoms with E-state index in [2.05, 4.69) is 5.32 Å². The Bertz CT molecular complexity index is 922. The minimum absolute atomic E-state index is 0.0937. The van der Waals surface area contributed by atoms with Gasteiger partial charge in [0.05, 0.1) is 12.0 Å². The average Bonchev–Trinajstić information content (AvgIpc) is 2.67. The third kappa shape index (κ3) is 6.46. The largest absolute Gasteiger partial charge is 0.416 e. The van der Waals surface area contributed by atoms with Crippen LogP contribution in [0.2, 0.25) is 5.02 Å². The number of nitrogens with one attached hydrogen (secondary N) is 1. The van der Waals surface area contributed by atoms with Gasteiger partial charge < -0.3 is 5.32 Å². The molecule has 0 radical (unpaired) electrons. The van der Waals surface area contributed by atoms with E-state index in [0.717, 1.165) is 24.6 Å². The molecule has 0 aromatic heterocycles. The Balaban J connectivity index is 2.28. The molecule has 1 unspecified atom stereocenters. The van der Waals surface area contributed by atoms with Crippen LogP contribution in [0.4, 0.5) is 13.2 Å². The van der Waals surface area contributed by atoms with E-state index in [4.69, 9.17) is 11.6 Å². The summed E-state index contributed by atoms with van der Waals surface area (Å²) in [7, 11) is 0. The number of Topliss-reactive ketones (excluding diaryl/α,β-unsaturated/α-hetero) is 2. The smallest absolute Gasteiger partial charge is 0.388 e. The number of halogens is 4. The van der Waals surface area contributed by atoms with E-state index in [1.54, 1.807) is 24.3 Å². The lowest BCUT2D eigenvalue weighted by atomic mass is 9.96. The highest BCUT2D eigenvalue weighted by molar-refractivity contribution is 6.32. The fourth-order valence-electron chi connectivity index (χ4n) is 2.54. The van der Waals surface area contributed by atoms with Crippen molar-refractivity contribution in [1.82, 2.24) is 5.32 Å². The van der Waals surface area contributed by atoms with Gasteiger partial charge in [0.2, 0.25) is 0 Å². The maximum Gasteiger partial charge on any atom is 0.416 e. The number of benzene rings is 2. The molecule has 0 spiro atoms. The molecule has 3 nitrogen and oxygen atoms in total. The van der Waals surface area contributed by atoms with Crippen LogP contribution in [-0.2, 0) is 11.0 Å². The Labute approximate surface area is 172 Å². The van der Waals surface area contributed by atoms with E-state index in [-0.39, 0.29) is 17.2 Å². The molecular formula is C22H21ClF3NO2. The van der Waals surface area contributed by atoms with Crippen LogP contribution in [0, 0.1) is 0 Å². The molecule has 2 rings (SSSR count). The predicted molar refractivity (Wildman–Crippen MR) is 108 cm³/mol. The lowest BCUT2D eigenvalue weighted by Crippen LogP contribution is -2.21. The molecule has 1 atom stereocenters. The van der Waals surface area contributed by atoms with E-state index in [1.807, 2.05) is 13.8 Å². The van der Waals surface area contributed by atoms with Crippen molar-refractivity contribution in [2.75, 3.05) is 0 Å². The molecule has 0 saturated carbocycles. The van der Waals surface area contributed by atoms with Crippen LogP contribution in [0.5, 0.6) is 0 Å². The molecule has 0 aliphatic rings. The van der Waals surface area contributed by atoms with Gasteiger partial charge in [-0.2, -0.15) is 13.2 Å². The van der Waals surface area contributed by atoms with Crippen LogP contribution in [0.15, 0.2) is 54.7 Å². The van der Waals surface area contributed by atoms with Crippen molar-refractivity contribution < 1.29 is 22.8 Å². The second-order valence-corrected chi connectivity index (χ2v) is 7.08. The first-order valence-corrected chi connectivity index (χ1v) is 9.45. The number of carbonyl (C=O) groups excluding carboxylic acids is 2. The zero-order valence-corrected chi connectivity index (χ0v) is 16.8. The Morgan fingerprint density at radius 3 is 2.38 bits per heavy atom. The summed E-state index contributed by atoms with van der Waals surface area (Å²) >= 11 is 6.01. The van der Waals surface area contributed by atoms with Gasteiger partial charge in [-0.3, -0.25) is 9.59 Å². The molecule has 0 aliphatic carbocycles. The molecule has 1 N–H and O–H groups in total. The molecule has 2 aromatic rings. The summed E-state index contributed by atoms with van der Waals surface area (Å²) < 4.78 is 38.6. The summed E-state index contributed by atoms with van der Waals surface area (Å²) in [5, 5.41) is 3.51. The van der Waals surface area contributed by atoms with Crippen LogP contribution >= 0.6 is 11.6 Å². The Morgan fingerprint density at radius 2 is 1.76 bits per heavy atom. The first-order valence-electron chi connectivity index (χ1n) is 9.07. The van der Waals surface area contributed by atoms with Crippen molar-refractivity contribution in [2.24, 2.45) is 0 Å². The van der Waals surface area contributed by atoms with Gasteiger partial charge in [0.1, 0.15) is 0 Å². The molecule has 0 aliphatic heterocycles. The summed E-state index contributed by atoms with van der Waals surface area (Å²) in [5.41, 5.74) is -0.323. The monoisotopic (exact) mass is 423 g/mol. The highest BCUT2D eigenvalue weighted by atomic mass is 35.5. The SMILES string of the molecule is CCC(C)NC=C(C(=O)CC(=O)c1cccc(C(F)(F)F)c1)c1cccc(Cl)c1. The van der Waals surface area contributed by atoms with Crippen LogP contribution < -0.4 is 5.32 Å². The number of carbonyl (C=O) groups is 2. The molecule has 0 fully saturated rings. The molecular weight excluding hydrogens is 403 g/mol. The van der Waals surface area contributed by atoms with Crippen molar-refractivity contribution >= 4 is 28.7 Å². The Morgan fingerprint density at radius 1 is 1.10 bits per heavy atom. The second-order valence-electron chi connectivity index (χ2n) is 6.65. The zero-order valence-electron chi connectivity index (χ0n) is 16.0. The van der Waals surface area contributed by atoms with Gasteiger partial charge in [-0.05, 0) is 43.2 Å². The minimum atomic E-state index is -4.56. The fourth-order valence-corrected chi connectivity index (χ4v) is 2.73. The van der Waals surface area contributed by atoms with E-state index in [0.29, 0.717) is 10.6 Å². The highest BCUT2D eigenvalue weighted by Gasteiger charge is 2.31. The standard InChI is InChI=1S/C22H21ClF3NO2/c1-3-14(2)27-13-19(15-6-5-9-18(23)11-15)21(29)12-20(28)16-7-4-8-17(10-16)22(24,25)26/h4-11,13-14,27H,3,12H2,1-2H3. The van der Waals surface area contributed by atoms with Gasteiger partial charge in [0.25, 0.3) is 0 Å². The maximum absolute atomic E-state index is 12.9. The van der Waals surface area contributed by atoms with Gasteiger partial charge in [0, 0.05) is 28.4 Å². The zero-order chi connectivity index (χ0) is 21.6. The van der Waals surface area contributed by atoms with Crippen LogP contribution in [0.3, 0.4) is 0 Å². The summed E-state index contributed by atoms with van der Waals surface area (Å²) in [6.07, 6.45) is -2.77. The summed E-state index contributed by atoms with van der Waals surface area (Å²) in [4.78, 5) is 25.3. The summed E-state index contributed by atoms with van der Waals surface area (Å²) in [6.45, 7) is 3.91. The summed E-state index contributed by atoms with van der Waals surface area (Å²) in [6, 6.07) is 10.8. The molecule has 154 valence electrons. The van der Waals surface area contributed by atoms with Crippen molar-refractivity contribution in [3.8, 4) is 0 Å². The number of hydrogen-bond acceptors (Lipinski definition) is 3. The topological polar surface area (TPSA) is 46.2 Å². The van der Waals surface area contributed by atoms with Crippen molar-refractivity contribution in [2.45, 2.75) is 38.9 Å². The predicted octanol–water partition coefficient (Wildman–Crippen LogP) is 5.93. The van der Waals surface area contributed by atoms with Gasteiger partial charge in [0.15, 0.2) is 11.6 Å². The first-order chi connectivity index (χ1) is 13.6. The van der Waals surface area contributed by atoms with Crippen LogP contribution in [0.25, 0.3) is 5.57 Å². The number of alkyl halides is 3. The molecule has 0 amide bonds. The van der Waals surface area contributed by atoms with Crippen molar-refractivity contribution in [3.63, 3.8) is 0 Å². The van der Waals surface area contributed by atoms with Gasteiger partial charge in [-0.1, -0.05) is 42.8 Å². The third-order valence-electron chi connectivity index (χ3n) is 4.39. The van der Waals surface area contributed by atoms with Gasteiger partial charge >= 0.3 is 6.18 Å². The lowest BCUT2D eigenvalue weighted by Gasteiger charge is -2.13. The van der Waals surface area contributed by atoms with Crippen molar-refractivity contribution in [1.29, 1.82) is 0 Å². The second kappa shape index (κ2) is 9.74. The molecule has 0 heterocycles. The van der Waals surface area contributed by atoms with Crippen LogP contribution in [0.1, 0.15) is 48.2 Å². The number of allylic oxidation sites excluding steroid dienone is 1. The maximum atomic E-state index is 12.9. The quantitative estimate of drug-likeness (QED) is 0.325. The lowest BCUT2D eigenvalue weighted by molar-refractivity contribution is -0.137. The van der Waals surface area contributed by atoms with E-state index in [9.17, 15) is 22.8 Å². The molecule has 7 heteroatoms. The minimum Gasteiger partial charge on any atom is -0.388 e. The van der Waals surface area contributed by atoms with Crippen molar-refractivity contribution in [3.05, 3.63) is 76.4 Å². The number of hydrogen-bond donors (Lipinski definition) is 1. The van der Waals surface area contributed by atoms with E-state index in [1.165, 1.54) is 12.3 Å². The van der Waals surface area contributed by atoms with E-state index < -0.39 is 29.7 Å². The normalized spacial score (nSPS) is 13.1. The number of rotatable bonds is 8. The Hall–Kier alpha value is -2.60. The highest BCUT2D eigenvalue weighted by Crippen LogP contribution is 2.30. The fraction of sp³-hybridized carbons (Fsp3) is 0.273. The molecule has 0 bridgehead atoms. The summed E-state index contributed by atoms with van der Waals surface area (Å²) in [5.74, 6) is -1.19. The first kappa shape index (κ1) is 22.7. The van der Waals surface area contributed by atoms with Gasteiger partial charge in [-0.15, -0.1) is 0 Å². The molecule has 2 aromatic carbocycles. The Kier molecular flexibility index (Phi) is 7.62. The molecule has 29 heavy (non-hydrogen) atoms. The third-order valence-corrected chi connectivity index (χ3v) is 4.63. The number of ketones is 2. The van der Waals surface area contributed by atoms with Gasteiger partial charge in [-0.25, -0.2) is 0 Å². The van der Waals surface area contributed by atoms with Crippen LogP contribution in [-0.4, -0.2) is 17.6 Å². The van der Waals surface area contributed by atoms with E-state index >= 15 is 0 Å².